The molecule has 138 valence electrons. The summed E-state index contributed by atoms with van der Waals surface area (Å²) in [5.74, 6) is -1.52. The number of sulfone groups is 1. The second kappa shape index (κ2) is 7.74. The van der Waals surface area contributed by atoms with Crippen molar-refractivity contribution in [3.8, 4) is 5.75 Å². The van der Waals surface area contributed by atoms with Gasteiger partial charge in [-0.25, -0.2) is 13.2 Å². The van der Waals surface area contributed by atoms with Crippen molar-refractivity contribution in [1.82, 2.24) is 4.90 Å². The van der Waals surface area contributed by atoms with Crippen LogP contribution < -0.4 is 0 Å². The van der Waals surface area contributed by atoms with Crippen molar-refractivity contribution in [3.05, 3.63) is 27.7 Å². The molecule has 0 aliphatic carbocycles. The molecule has 1 fully saturated rings. The van der Waals surface area contributed by atoms with E-state index in [4.69, 9.17) is 4.74 Å². The number of halogens is 1. The summed E-state index contributed by atoms with van der Waals surface area (Å²) in [6.07, 6.45) is 0.390. The Morgan fingerprint density at radius 2 is 2.08 bits per heavy atom. The van der Waals surface area contributed by atoms with E-state index in [2.05, 4.69) is 15.9 Å². The second-order valence-electron chi connectivity index (χ2n) is 5.96. The van der Waals surface area contributed by atoms with Crippen LogP contribution in [0.4, 0.5) is 0 Å². The lowest BCUT2D eigenvalue weighted by atomic mass is 10.1. The highest BCUT2D eigenvalue weighted by Gasteiger charge is 2.34. The summed E-state index contributed by atoms with van der Waals surface area (Å²) >= 11 is 3.15. The number of hydrogen-bond donors (Lipinski definition) is 1. The summed E-state index contributed by atoms with van der Waals surface area (Å²) in [5.41, 5.74) is 0.709. The summed E-state index contributed by atoms with van der Waals surface area (Å²) in [5, 5.41) is 9.93. The molecule has 1 aliphatic heterocycles. The average Bonchev–Trinajstić information content (AvgIpc) is 2.89. The number of aromatic hydroxyl groups is 1. The number of nitrogens with zero attached hydrogens (tertiary/aromatic N) is 1. The first kappa shape index (κ1) is 19.7. The number of ether oxygens (including phenoxy) is 1. The number of rotatable bonds is 5. The molecule has 1 aliphatic rings. The van der Waals surface area contributed by atoms with Gasteiger partial charge in [0, 0.05) is 12.6 Å². The van der Waals surface area contributed by atoms with Crippen molar-refractivity contribution in [2.45, 2.75) is 26.3 Å². The molecule has 1 aromatic carbocycles. The zero-order valence-corrected chi connectivity index (χ0v) is 16.4. The first-order chi connectivity index (χ1) is 11.6. The second-order valence-corrected chi connectivity index (χ2v) is 9.04. The van der Waals surface area contributed by atoms with Crippen LogP contribution in [0.5, 0.6) is 5.75 Å². The van der Waals surface area contributed by atoms with Crippen LogP contribution in [0.2, 0.25) is 0 Å². The zero-order chi connectivity index (χ0) is 18.8. The minimum Gasteiger partial charge on any atom is -0.506 e. The number of carbonyl (C=O) groups is 2. The van der Waals surface area contributed by atoms with Crippen LogP contribution in [0.25, 0.3) is 0 Å². The third kappa shape index (κ3) is 4.72. The van der Waals surface area contributed by atoms with E-state index in [0.717, 1.165) is 5.56 Å². The van der Waals surface area contributed by atoms with Crippen molar-refractivity contribution in [2.24, 2.45) is 0 Å². The van der Waals surface area contributed by atoms with Crippen LogP contribution in [0, 0.1) is 6.92 Å². The van der Waals surface area contributed by atoms with E-state index in [1.54, 1.807) is 19.9 Å². The van der Waals surface area contributed by atoms with Gasteiger partial charge in [-0.2, -0.15) is 0 Å². The lowest BCUT2D eigenvalue weighted by molar-refractivity contribution is -0.136. The van der Waals surface area contributed by atoms with Gasteiger partial charge < -0.3 is 14.7 Å². The molecule has 1 heterocycles. The summed E-state index contributed by atoms with van der Waals surface area (Å²) < 4.78 is 28.5. The first-order valence-corrected chi connectivity index (χ1v) is 10.4. The fraction of sp³-hybridized carbons (Fsp3) is 0.500. The number of hydrogen-bond acceptors (Lipinski definition) is 6. The van der Waals surface area contributed by atoms with Gasteiger partial charge in [-0.15, -0.1) is 0 Å². The van der Waals surface area contributed by atoms with Crippen molar-refractivity contribution in [3.63, 3.8) is 0 Å². The molecule has 0 spiro atoms. The Morgan fingerprint density at radius 3 is 2.64 bits per heavy atom. The van der Waals surface area contributed by atoms with Gasteiger partial charge in [-0.1, -0.05) is 0 Å². The fourth-order valence-electron chi connectivity index (χ4n) is 2.84. The number of carbonyl (C=O) groups excluding carboxylic acids is 2. The Morgan fingerprint density at radius 1 is 1.40 bits per heavy atom. The molecule has 0 aromatic heterocycles. The number of phenolic OH excluding ortho intramolecular Hbond substituents is 1. The molecule has 7 nitrogen and oxygen atoms in total. The normalized spacial score (nSPS) is 18.8. The number of aryl methyl sites for hydroxylation is 1. The van der Waals surface area contributed by atoms with E-state index in [-0.39, 0.29) is 28.9 Å². The predicted molar refractivity (Wildman–Crippen MR) is 95.3 cm³/mol. The van der Waals surface area contributed by atoms with E-state index in [1.165, 1.54) is 11.0 Å². The van der Waals surface area contributed by atoms with Crippen molar-refractivity contribution < 1.29 is 27.9 Å². The Labute approximate surface area is 155 Å². The third-order valence-electron chi connectivity index (χ3n) is 4.06. The number of phenols is 1. The minimum atomic E-state index is -3.11. The highest BCUT2D eigenvalue weighted by molar-refractivity contribution is 9.10. The maximum atomic E-state index is 12.3. The number of esters is 1. The van der Waals surface area contributed by atoms with Gasteiger partial charge in [0.05, 0.1) is 16.0 Å². The van der Waals surface area contributed by atoms with Crippen LogP contribution in [-0.2, 0) is 19.4 Å². The van der Waals surface area contributed by atoms with Gasteiger partial charge >= 0.3 is 5.97 Å². The van der Waals surface area contributed by atoms with Gasteiger partial charge in [-0.05, 0) is 53.9 Å². The summed E-state index contributed by atoms with van der Waals surface area (Å²) in [7, 11) is -3.11. The van der Waals surface area contributed by atoms with Gasteiger partial charge in [0.2, 0.25) is 0 Å². The minimum absolute atomic E-state index is 0.0360. The van der Waals surface area contributed by atoms with Gasteiger partial charge in [0.15, 0.2) is 16.4 Å². The van der Waals surface area contributed by atoms with Crippen LogP contribution >= 0.6 is 15.9 Å². The Kier molecular flexibility index (Phi) is 6.10. The largest absolute Gasteiger partial charge is 0.506 e. The van der Waals surface area contributed by atoms with Gasteiger partial charge in [0.25, 0.3) is 5.91 Å². The van der Waals surface area contributed by atoms with Crippen LogP contribution in [-0.4, -0.2) is 61.0 Å². The van der Waals surface area contributed by atoms with Crippen molar-refractivity contribution >= 4 is 37.6 Å². The highest BCUT2D eigenvalue weighted by Crippen LogP contribution is 2.29. The Hall–Kier alpha value is -1.61. The van der Waals surface area contributed by atoms with Crippen LogP contribution in [0.3, 0.4) is 0 Å². The fourth-order valence-corrected chi connectivity index (χ4v) is 5.14. The molecule has 1 amide bonds. The highest BCUT2D eigenvalue weighted by atomic mass is 79.9. The molecule has 0 radical (unpaired) electrons. The molecule has 1 aromatic rings. The lowest BCUT2D eigenvalue weighted by Gasteiger charge is -2.26. The molecule has 9 heteroatoms. The molecular weight excluding hydrogens is 414 g/mol. The molecule has 1 N–H and O–H groups in total. The number of likely N-dealkylation sites (N-methyl/N-ethyl adjacent to an activating group) is 1. The zero-order valence-electron chi connectivity index (χ0n) is 14.0. The summed E-state index contributed by atoms with van der Waals surface area (Å²) in [6.45, 7) is 3.33. The van der Waals surface area contributed by atoms with Crippen molar-refractivity contribution in [2.75, 3.05) is 24.7 Å². The molecule has 1 unspecified atom stereocenters. The van der Waals surface area contributed by atoms with E-state index >= 15 is 0 Å². The van der Waals surface area contributed by atoms with Crippen molar-refractivity contribution in [1.29, 1.82) is 0 Å². The van der Waals surface area contributed by atoms with Crippen LogP contribution in [0.1, 0.15) is 29.3 Å². The molecule has 2 rings (SSSR count). The summed E-state index contributed by atoms with van der Waals surface area (Å²) in [4.78, 5) is 25.9. The van der Waals surface area contributed by atoms with E-state index < -0.39 is 28.3 Å². The average molecular weight is 434 g/mol. The standard InChI is InChI=1S/C16H20BrNO6S/c1-3-18(11-4-5-25(22,23)9-11)14(19)8-24-16(21)12-6-10(2)7-13(17)15(12)20/h6-7,11,20H,3-5,8-9H2,1-2H3. The smallest absolute Gasteiger partial charge is 0.342 e. The number of benzene rings is 1. The third-order valence-corrected chi connectivity index (χ3v) is 6.42. The first-order valence-electron chi connectivity index (χ1n) is 7.80. The van der Waals surface area contributed by atoms with Gasteiger partial charge in [-0.3, -0.25) is 4.79 Å². The van der Waals surface area contributed by atoms with Crippen LogP contribution in [0.15, 0.2) is 16.6 Å². The monoisotopic (exact) mass is 433 g/mol. The number of amides is 1. The quantitative estimate of drug-likeness (QED) is 0.708. The molecule has 1 saturated heterocycles. The SMILES string of the molecule is CCN(C(=O)COC(=O)c1cc(C)cc(Br)c1O)C1CCS(=O)(=O)C1. The topological polar surface area (TPSA) is 101 Å². The summed E-state index contributed by atoms with van der Waals surface area (Å²) in [6, 6.07) is 2.73. The molecule has 25 heavy (non-hydrogen) atoms. The maximum Gasteiger partial charge on any atom is 0.342 e. The molecular formula is C16H20BrNO6S. The Balaban J connectivity index is 2.02. The molecule has 0 bridgehead atoms. The van der Waals surface area contributed by atoms with Gasteiger partial charge in [0.1, 0.15) is 11.3 Å². The Bertz CT molecular complexity index is 792. The van der Waals surface area contributed by atoms with E-state index in [9.17, 15) is 23.1 Å². The maximum absolute atomic E-state index is 12.3. The lowest BCUT2D eigenvalue weighted by Crippen LogP contribution is -2.43. The van der Waals surface area contributed by atoms with E-state index in [0.29, 0.717) is 17.4 Å². The predicted octanol–water partition coefficient (Wildman–Crippen LogP) is 1.66. The molecule has 1 atom stereocenters. The van der Waals surface area contributed by atoms with E-state index in [1.807, 2.05) is 0 Å². The molecule has 0 saturated carbocycles.